The Morgan fingerprint density at radius 2 is 1.18 bits per heavy atom. The van der Waals surface area contributed by atoms with Crippen LogP contribution < -0.4 is 9.47 Å². The first-order valence-electron chi connectivity index (χ1n) is 7.21. The summed E-state index contributed by atoms with van der Waals surface area (Å²) in [6.07, 6.45) is 1.31. The van der Waals surface area contributed by atoms with E-state index in [0.717, 1.165) is 11.1 Å². The largest absolute Gasteiger partial charge is 0.423 e. The SMILES string of the molecule is C=C(C)C(=O)Oc1ccc(OC(=O)C(=C)C)c(CC)c1CC. The minimum absolute atomic E-state index is 0.331. The highest BCUT2D eigenvalue weighted by atomic mass is 16.5. The molecule has 22 heavy (non-hydrogen) atoms. The zero-order chi connectivity index (χ0) is 16.9. The van der Waals surface area contributed by atoms with Gasteiger partial charge in [-0.15, -0.1) is 0 Å². The molecule has 0 spiro atoms. The quantitative estimate of drug-likeness (QED) is 0.456. The van der Waals surface area contributed by atoms with Gasteiger partial charge in [-0.2, -0.15) is 0 Å². The average molecular weight is 302 g/mol. The molecule has 118 valence electrons. The predicted molar refractivity (Wildman–Crippen MR) is 86.1 cm³/mol. The molecule has 1 aromatic rings. The normalized spacial score (nSPS) is 10.0. The van der Waals surface area contributed by atoms with Crippen molar-refractivity contribution in [1.82, 2.24) is 0 Å². The molecule has 4 heteroatoms. The fourth-order valence-corrected chi connectivity index (χ4v) is 1.99. The van der Waals surface area contributed by atoms with Gasteiger partial charge in [-0.25, -0.2) is 9.59 Å². The van der Waals surface area contributed by atoms with E-state index < -0.39 is 11.9 Å². The molecule has 0 fully saturated rings. The lowest BCUT2D eigenvalue weighted by Gasteiger charge is -2.16. The molecule has 0 unspecified atom stereocenters. The first-order valence-corrected chi connectivity index (χ1v) is 7.21. The highest BCUT2D eigenvalue weighted by Crippen LogP contribution is 2.32. The van der Waals surface area contributed by atoms with Crippen LogP contribution in [-0.4, -0.2) is 11.9 Å². The molecule has 0 aliphatic rings. The van der Waals surface area contributed by atoms with E-state index in [4.69, 9.17) is 9.47 Å². The van der Waals surface area contributed by atoms with Gasteiger partial charge in [-0.1, -0.05) is 27.0 Å². The van der Waals surface area contributed by atoms with Crippen LogP contribution >= 0.6 is 0 Å². The van der Waals surface area contributed by atoms with Crippen molar-refractivity contribution in [2.75, 3.05) is 0 Å². The van der Waals surface area contributed by atoms with Gasteiger partial charge in [0, 0.05) is 22.3 Å². The van der Waals surface area contributed by atoms with Gasteiger partial charge in [0.1, 0.15) is 11.5 Å². The summed E-state index contributed by atoms with van der Waals surface area (Å²) < 4.78 is 10.7. The van der Waals surface area contributed by atoms with Crippen LogP contribution in [0.1, 0.15) is 38.8 Å². The minimum atomic E-state index is -0.469. The number of benzene rings is 1. The molecule has 0 aromatic heterocycles. The molecular weight excluding hydrogens is 280 g/mol. The Bertz CT molecular complexity index is 571. The maximum absolute atomic E-state index is 11.7. The lowest BCUT2D eigenvalue weighted by molar-refractivity contribution is -0.131. The first kappa shape index (κ1) is 17.7. The molecule has 1 aromatic carbocycles. The number of rotatable bonds is 6. The van der Waals surface area contributed by atoms with Crippen molar-refractivity contribution in [3.63, 3.8) is 0 Å². The van der Waals surface area contributed by atoms with Crippen LogP contribution in [0.15, 0.2) is 36.4 Å². The zero-order valence-electron chi connectivity index (χ0n) is 13.6. The number of carbonyl (C=O) groups excluding carboxylic acids is 2. The fourth-order valence-electron chi connectivity index (χ4n) is 1.99. The molecule has 0 saturated heterocycles. The summed E-state index contributed by atoms with van der Waals surface area (Å²) in [6, 6.07) is 3.28. The summed E-state index contributed by atoms with van der Waals surface area (Å²) in [4.78, 5) is 23.4. The molecule has 0 atom stereocenters. The summed E-state index contributed by atoms with van der Waals surface area (Å²) in [5.41, 5.74) is 2.36. The molecule has 0 saturated carbocycles. The van der Waals surface area contributed by atoms with Crippen molar-refractivity contribution < 1.29 is 19.1 Å². The Labute approximate surface area is 131 Å². The van der Waals surface area contributed by atoms with E-state index in [2.05, 4.69) is 13.2 Å². The Hall–Kier alpha value is -2.36. The topological polar surface area (TPSA) is 52.6 Å². The van der Waals surface area contributed by atoms with Gasteiger partial charge in [0.2, 0.25) is 0 Å². The maximum atomic E-state index is 11.7. The number of esters is 2. The number of ether oxygens (including phenoxy) is 2. The van der Waals surface area contributed by atoms with E-state index in [-0.39, 0.29) is 0 Å². The number of hydrogen-bond donors (Lipinski definition) is 0. The van der Waals surface area contributed by atoms with Gasteiger partial charge in [-0.05, 0) is 38.8 Å². The van der Waals surface area contributed by atoms with Crippen molar-refractivity contribution in [2.24, 2.45) is 0 Å². The molecule has 4 nitrogen and oxygen atoms in total. The molecule has 0 N–H and O–H groups in total. The van der Waals surface area contributed by atoms with E-state index in [1.54, 1.807) is 26.0 Å². The summed E-state index contributed by atoms with van der Waals surface area (Å²) >= 11 is 0. The molecule has 0 heterocycles. The summed E-state index contributed by atoms with van der Waals surface area (Å²) in [7, 11) is 0. The van der Waals surface area contributed by atoms with Crippen LogP contribution in [-0.2, 0) is 22.4 Å². The average Bonchev–Trinajstić information content (AvgIpc) is 2.47. The molecule has 1 rings (SSSR count). The van der Waals surface area contributed by atoms with Crippen LogP contribution in [0.4, 0.5) is 0 Å². The van der Waals surface area contributed by atoms with Gasteiger partial charge in [0.05, 0.1) is 0 Å². The van der Waals surface area contributed by atoms with Crippen LogP contribution in [0.25, 0.3) is 0 Å². The second kappa shape index (κ2) is 7.59. The van der Waals surface area contributed by atoms with Crippen LogP contribution in [0.3, 0.4) is 0 Å². The Morgan fingerprint density at radius 3 is 1.41 bits per heavy atom. The third kappa shape index (κ3) is 4.07. The summed E-state index contributed by atoms with van der Waals surface area (Å²) in [6.45, 7) is 14.2. The van der Waals surface area contributed by atoms with Gasteiger partial charge >= 0.3 is 11.9 Å². The van der Waals surface area contributed by atoms with E-state index >= 15 is 0 Å². The van der Waals surface area contributed by atoms with Crippen LogP contribution in [0.2, 0.25) is 0 Å². The molecule has 0 amide bonds. The Kier molecular flexibility index (Phi) is 6.11. The number of carbonyl (C=O) groups is 2. The second-order valence-corrected chi connectivity index (χ2v) is 5.07. The second-order valence-electron chi connectivity index (χ2n) is 5.07. The van der Waals surface area contributed by atoms with Crippen molar-refractivity contribution in [3.8, 4) is 11.5 Å². The van der Waals surface area contributed by atoms with E-state index in [0.29, 0.717) is 35.5 Å². The van der Waals surface area contributed by atoms with E-state index in [9.17, 15) is 9.59 Å². The Balaban J connectivity index is 3.24. The highest BCUT2D eigenvalue weighted by molar-refractivity contribution is 5.90. The van der Waals surface area contributed by atoms with Gasteiger partial charge < -0.3 is 9.47 Å². The molecule has 0 bridgehead atoms. The molecule has 0 radical (unpaired) electrons. The first-order chi connectivity index (χ1) is 10.3. The lowest BCUT2D eigenvalue weighted by Crippen LogP contribution is -2.13. The third-order valence-corrected chi connectivity index (χ3v) is 3.15. The fraction of sp³-hybridized carbons (Fsp3) is 0.333. The number of hydrogen-bond acceptors (Lipinski definition) is 4. The van der Waals surface area contributed by atoms with Crippen LogP contribution in [0.5, 0.6) is 11.5 Å². The van der Waals surface area contributed by atoms with Crippen LogP contribution in [0, 0.1) is 0 Å². The molecule has 0 aliphatic carbocycles. The summed E-state index contributed by atoms with van der Waals surface area (Å²) in [5, 5.41) is 0. The van der Waals surface area contributed by atoms with Crippen molar-refractivity contribution in [2.45, 2.75) is 40.5 Å². The highest BCUT2D eigenvalue weighted by Gasteiger charge is 2.17. The van der Waals surface area contributed by atoms with Crippen molar-refractivity contribution in [1.29, 1.82) is 0 Å². The van der Waals surface area contributed by atoms with E-state index in [1.807, 2.05) is 13.8 Å². The molecule has 0 aliphatic heterocycles. The minimum Gasteiger partial charge on any atom is -0.423 e. The smallest absolute Gasteiger partial charge is 0.338 e. The zero-order valence-corrected chi connectivity index (χ0v) is 13.6. The standard InChI is InChI=1S/C18H22O4/c1-7-13-14(8-2)16(22-18(20)12(5)6)10-9-15(13)21-17(19)11(3)4/h9-10H,3,5,7-8H2,1-2,4,6H3. The predicted octanol–water partition coefficient (Wildman–Crippen LogP) is 3.77. The Morgan fingerprint density at radius 1 is 0.864 bits per heavy atom. The lowest BCUT2D eigenvalue weighted by atomic mass is 10.0. The summed E-state index contributed by atoms with van der Waals surface area (Å²) in [5.74, 6) is 0.0109. The van der Waals surface area contributed by atoms with E-state index in [1.165, 1.54) is 0 Å². The van der Waals surface area contributed by atoms with Crippen molar-refractivity contribution in [3.05, 3.63) is 47.6 Å². The maximum Gasteiger partial charge on any atom is 0.338 e. The van der Waals surface area contributed by atoms with Gasteiger partial charge in [0.15, 0.2) is 0 Å². The van der Waals surface area contributed by atoms with Gasteiger partial charge in [0.25, 0.3) is 0 Å². The monoisotopic (exact) mass is 302 g/mol. The van der Waals surface area contributed by atoms with Gasteiger partial charge in [-0.3, -0.25) is 0 Å². The third-order valence-electron chi connectivity index (χ3n) is 3.15. The molecular formula is C18H22O4. The van der Waals surface area contributed by atoms with Crippen molar-refractivity contribution >= 4 is 11.9 Å².